The Bertz CT molecular complexity index is 486. The van der Waals surface area contributed by atoms with Crippen LogP contribution in [0.25, 0.3) is 0 Å². The van der Waals surface area contributed by atoms with Gasteiger partial charge in [0.1, 0.15) is 5.72 Å². The standard InChI is InChI=1S/C16H25NO4.ClH/c1-6-13(17-16(4,5)19)20-12-10-8-9-11(3)15(12)21-14(18)7-2;/h8-10,13,17,19H,6-7H2,1-5H3;1H. The molecule has 0 aliphatic rings. The van der Waals surface area contributed by atoms with E-state index >= 15 is 0 Å². The largest absolute Gasteiger partial charge is 0.471 e. The molecule has 22 heavy (non-hydrogen) atoms. The Morgan fingerprint density at radius 1 is 1.36 bits per heavy atom. The van der Waals surface area contributed by atoms with Crippen molar-refractivity contribution in [3.8, 4) is 11.5 Å². The van der Waals surface area contributed by atoms with Crippen LogP contribution in [0.3, 0.4) is 0 Å². The molecule has 0 amide bonds. The first kappa shape index (κ1) is 20.7. The number of esters is 1. The molecule has 2 N–H and O–H groups in total. The third kappa shape index (κ3) is 6.64. The molecule has 0 aliphatic carbocycles. The summed E-state index contributed by atoms with van der Waals surface area (Å²) in [6.07, 6.45) is 0.567. The monoisotopic (exact) mass is 331 g/mol. The van der Waals surface area contributed by atoms with Crippen LogP contribution < -0.4 is 14.8 Å². The van der Waals surface area contributed by atoms with Gasteiger partial charge in [0.25, 0.3) is 0 Å². The molecule has 1 rings (SSSR count). The molecule has 1 aromatic carbocycles. The van der Waals surface area contributed by atoms with Crippen LogP contribution in [-0.2, 0) is 4.79 Å². The van der Waals surface area contributed by atoms with Crippen molar-refractivity contribution in [2.45, 2.75) is 59.4 Å². The molecule has 126 valence electrons. The lowest BCUT2D eigenvalue weighted by Crippen LogP contribution is -2.48. The molecule has 5 nitrogen and oxygen atoms in total. The second-order valence-corrected chi connectivity index (χ2v) is 5.45. The van der Waals surface area contributed by atoms with Crippen LogP contribution in [0.2, 0.25) is 0 Å². The van der Waals surface area contributed by atoms with Gasteiger partial charge in [0.2, 0.25) is 0 Å². The Hall–Kier alpha value is -1.30. The quantitative estimate of drug-likeness (QED) is 0.456. The summed E-state index contributed by atoms with van der Waals surface area (Å²) >= 11 is 0. The van der Waals surface area contributed by atoms with Gasteiger partial charge >= 0.3 is 5.97 Å². The van der Waals surface area contributed by atoms with Gasteiger partial charge < -0.3 is 14.6 Å². The van der Waals surface area contributed by atoms with Crippen LogP contribution in [0.5, 0.6) is 11.5 Å². The Morgan fingerprint density at radius 2 is 2.00 bits per heavy atom. The molecule has 0 heterocycles. The fourth-order valence-corrected chi connectivity index (χ4v) is 1.80. The molecule has 1 atom stereocenters. The average Bonchev–Trinajstić information content (AvgIpc) is 2.40. The molecule has 0 radical (unpaired) electrons. The van der Waals surface area contributed by atoms with Crippen LogP contribution in [-0.4, -0.2) is 23.0 Å². The summed E-state index contributed by atoms with van der Waals surface area (Å²) in [4.78, 5) is 11.5. The van der Waals surface area contributed by atoms with E-state index in [-0.39, 0.29) is 24.6 Å². The second-order valence-electron chi connectivity index (χ2n) is 5.45. The van der Waals surface area contributed by atoms with E-state index in [1.807, 2.05) is 26.0 Å². The predicted molar refractivity (Wildman–Crippen MR) is 88.5 cm³/mol. The Labute approximate surface area is 138 Å². The minimum absolute atomic E-state index is 0. The summed E-state index contributed by atoms with van der Waals surface area (Å²) in [5, 5.41) is 12.8. The van der Waals surface area contributed by atoms with Gasteiger partial charge in [0.05, 0.1) is 0 Å². The van der Waals surface area contributed by atoms with Crippen molar-refractivity contribution in [3.05, 3.63) is 23.8 Å². The zero-order valence-corrected chi connectivity index (χ0v) is 14.6. The van der Waals surface area contributed by atoms with Crippen LogP contribution in [0.1, 0.15) is 46.1 Å². The van der Waals surface area contributed by atoms with Gasteiger partial charge in [-0.3, -0.25) is 10.1 Å². The number of nitrogens with one attached hydrogen (secondary N) is 1. The molecule has 0 fully saturated rings. The maximum absolute atomic E-state index is 11.5. The Morgan fingerprint density at radius 3 is 2.50 bits per heavy atom. The number of halogens is 1. The maximum Gasteiger partial charge on any atom is 0.311 e. The molecule has 0 bridgehead atoms. The lowest BCUT2D eigenvalue weighted by atomic mass is 10.2. The highest BCUT2D eigenvalue weighted by Gasteiger charge is 2.21. The number of benzene rings is 1. The number of hydrogen-bond acceptors (Lipinski definition) is 5. The fraction of sp³-hybridized carbons (Fsp3) is 0.562. The minimum atomic E-state index is -1.05. The lowest BCUT2D eigenvalue weighted by molar-refractivity contribution is -0.134. The smallest absolute Gasteiger partial charge is 0.311 e. The number of carbonyl (C=O) groups is 1. The van der Waals surface area contributed by atoms with E-state index in [0.29, 0.717) is 24.3 Å². The van der Waals surface area contributed by atoms with E-state index in [2.05, 4.69) is 5.32 Å². The fourth-order valence-electron chi connectivity index (χ4n) is 1.80. The van der Waals surface area contributed by atoms with Crippen molar-refractivity contribution < 1.29 is 19.4 Å². The van der Waals surface area contributed by atoms with E-state index in [0.717, 1.165) is 5.56 Å². The Kier molecular flexibility index (Phi) is 8.45. The van der Waals surface area contributed by atoms with Crippen molar-refractivity contribution >= 4 is 18.4 Å². The summed E-state index contributed by atoms with van der Waals surface area (Å²) in [6.45, 7) is 8.83. The SMILES string of the molecule is CCC(=O)Oc1c(C)cccc1OC(CC)NC(C)(C)O.Cl. The number of ether oxygens (including phenoxy) is 2. The van der Waals surface area contributed by atoms with Crippen molar-refractivity contribution in [2.75, 3.05) is 0 Å². The van der Waals surface area contributed by atoms with Crippen molar-refractivity contribution in [1.82, 2.24) is 5.32 Å². The van der Waals surface area contributed by atoms with Gasteiger partial charge in [-0.25, -0.2) is 0 Å². The molecule has 0 saturated heterocycles. The summed E-state index contributed by atoms with van der Waals surface area (Å²) < 4.78 is 11.2. The van der Waals surface area contributed by atoms with E-state index < -0.39 is 5.72 Å². The van der Waals surface area contributed by atoms with Gasteiger partial charge in [0.15, 0.2) is 17.7 Å². The first-order valence-corrected chi connectivity index (χ1v) is 7.23. The number of rotatable bonds is 7. The summed E-state index contributed by atoms with van der Waals surface area (Å²) in [5.41, 5.74) is -0.225. The maximum atomic E-state index is 11.5. The predicted octanol–water partition coefficient (Wildman–Crippen LogP) is 3.17. The third-order valence-corrected chi connectivity index (χ3v) is 2.83. The Balaban J connectivity index is 0.00000441. The molecule has 6 heteroatoms. The van der Waals surface area contributed by atoms with Crippen molar-refractivity contribution in [1.29, 1.82) is 0 Å². The third-order valence-electron chi connectivity index (χ3n) is 2.83. The van der Waals surface area contributed by atoms with E-state index in [1.165, 1.54) is 0 Å². The zero-order valence-electron chi connectivity index (χ0n) is 13.8. The number of hydrogen-bond donors (Lipinski definition) is 2. The number of aliphatic hydroxyl groups is 1. The summed E-state index contributed by atoms with van der Waals surface area (Å²) in [7, 11) is 0. The molecule has 0 saturated carbocycles. The summed E-state index contributed by atoms with van der Waals surface area (Å²) in [6, 6.07) is 5.44. The molecular formula is C16H26ClNO4. The highest BCUT2D eigenvalue weighted by Crippen LogP contribution is 2.32. The van der Waals surface area contributed by atoms with Gasteiger partial charge in [-0.1, -0.05) is 26.0 Å². The molecule has 0 spiro atoms. The van der Waals surface area contributed by atoms with E-state index in [4.69, 9.17) is 9.47 Å². The van der Waals surface area contributed by atoms with Crippen molar-refractivity contribution in [2.24, 2.45) is 0 Å². The molecule has 0 aliphatic heterocycles. The van der Waals surface area contributed by atoms with E-state index in [9.17, 15) is 9.90 Å². The normalized spacial score (nSPS) is 12.3. The van der Waals surface area contributed by atoms with Crippen molar-refractivity contribution in [3.63, 3.8) is 0 Å². The first-order valence-electron chi connectivity index (χ1n) is 7.23. The average molecular weight is 332 g/mol. The second kappa shape index (κ2) is 8.98. The van der Waals surface area contributed by atoms with Crippen LogP contribution in [0, 0.1) is 6.92 Å². The van der Waals surface area contributed by atoms with Gasteiger partial charge in [-0.2, -0.15) is 0 Å². The zero-order chi connectivity index (χ0) is 16.0. The number of carbonyl (C=O) groups excluding carboxylic acids is 1. The topological polar surface area (TPSA) is 67.8 Å². The van der Waals surface area contributed by atoms with Gasteiger partial charge in [-0.05, 0) is 38.8 Å². The van der Waals surface area contributed by atoms with E-state index in [1.54, 1.807) is 26.8 Å². The lowest BCUT2D eigenvalue weighted by Gasteiger charge is -2.28. The molecule has 1 aromatic rings. The van der Waals surface area contributed by atoms with Gasteiger partial charge in [0, 0.05) is 6.42 Å². The molecular weight excluding hydrogens is 306 g/mol. The summed E-state index contributed by atoms with van der Waals surface area (Å²) in [5.74, 6) is 0.610. The van der Waals surface area contributed by atoms with Crippen LogP contribution in [0.15, 0.2) is 18.2 Å². The van der Waals surface area contributed by atoms with Crippen LogP contribution >= 0.6 is 12.4 Å². The first-order chi connectivity index (χ1) is 9.76. The minimum Gasteiger partial charge on any atom is -0.471 e. The number of para-hydroxylation sites is 1. The number of aryl methyl sites for hydroxylation is 1. The molecule has 0 aromatic heterocycles. The van der Waals surface area contributed by atoms with Crippen LogP contribution in [0.4, 0.5) is 0 Å². The highest BCUT2D eigenvalue weighted by atomic mass is 35.5. The van der Waals surface area contributed by atoms with Gasteiger partial charge in [-0.15, -0.1) is 12.4 Å². The molecule has 1 unspecified atom stereocenters. The highest BCUT2D eigenvalue weighted by molar-refractivity contribution is 5.85.